The van der Waals surface area contributed by atoms with Gasteiger partial charge in [0.1, 0.15) is 0 Å². The molecule has 0 saturated carbocycles. The van der Waals surface area contributed by atoms with E-state index in [1.807, 2.05) is 30.0 Å². The number of carbonyl (C=O) groups excluding carboxylic acids is 2. The average Bonchev–Trinajstić information content (AvgIpc) is 2.39. The summed E-state index contributed by atoms with van der Waals surface area (Å²) in [4.78, 5) is 27.5. The Balaban J connectivity index is 2.73. The maximum Gasteiger partial charge on any atom is 0.236 e. The number of carbonyl (C=O) groups is 2. The second-order valence-corrected chi connectivity index (χ2v) is 5.76. The molecule has 0 saturated heterocycles. The molecule has 0 aliphatic carbocycles. The fourth-order valence-electron chi connectivity index (χ4n) is 1.84. The average molecular weight is 341 g/mol. The van der Waals surface area contributed by atoms with Crippen molar-refractivity contribution in [3.63, 3.8) is 0 Å². The number of amides is 1. The molecule has 0 aliphatic heterocycles. The van der Waals surface area contributed by atoms with Crippen molar-refractivity contribution >= 4 is 27.6 Å². The van der Waals surface area contributed by atoms with Gasteiger partial charge in [0, 0.05) is 24.1 Å². The van der Waals surface area contributed by atoms with Gasteiger partial charge in [0.2, 0.25) is 5.91 Å². The van der Waals surface area contributed by atoms with Crippen LogP contribution in [-0.2, 0) is 4.79 Å². The van der Waals surface area contributed by atoms with Gasteiger partial charge >= 0.3 is 0 Å². The van der Waals surface area contributed by atoms with Gasteiger partial charge in [0.15, 0.2) is 5.78 Å². The first kappa shape index (κ1) is 16.9. The molecule has 0 aliphatic rings. The zero-order valence-electron chi connectivity index (χ0n) is 12.2. The number of hydrogen-bond donors (Lipinski definition) is 0. The van der Waals surface area contributed by atoms with E-state index in [0.29, 0.717) is 5.56 Å². The number of halogens is 1. The van der Waals surface area contributed by atoms with Gasteiger partial charge in [-0.3, -0.25) is 14.5 Å². The lowest BCUT2D eigenvalue weighted by atomic mass is 10.1. The van der Waals surface area contributed by atoms with Crippen LogP contribution in [0.3, 0.4) is 0 Å². The Bertz CT molecular complexity index is 475. The topological polar surface area (TPSA) is 40.6 Å². The summed E-state index contributed by atoms with van der Waals surface area (Å²) in [5.41, 5.74) is 0.658. The maximum absolute atomic E-state index is 12.3. The number of rotatable bonds is 7. The molecule has 0 N–H and O–H groups in total. The summed E-state index contributed by atoms with van der Waals surface area (Å²) in [7, 11) is 3.45. The first-order valence-electron chi connectivity index (χ1n) is 6.66. The first-order chi connectivity index (χ1) is 9.45. The van der Waals surface area contributed by atoms with E-state index in [9.17, 15) is 9.59 Å². The molecule has 1 rings (SSSR count). The van der Waals surface area contributed by atoms with E-state index in [1.54, 1.807) is 25.1 Å². The smallest absolute Gasteiger partial charge is 0.236 e. The zero-order valence-corrected chi connectivity index (χ0v) is 13.8. The highest BCUT2D eigenvalue weighted by Gasteiger charge is 2.17. The minimum Gasteiger partial charge on any atom is -0.348 e. The molecule has 1 aromatic rings. The Morgan fingerprint density at radius 3 is 2.35 bits per heavy atom. The molecule has 0 radical (unpaired) electrons. The number of hydrogen-bond acceptors (Lipinski definition) is 3. The van der Waals surface area contributed by atoms with E-state index in [-0.39, 0.29) is 24.8 Å². The zero-order chi connectivity index (χ0) is 15.1. The Hall–Kier alpha value is -1.20. The van der Waals surface area contributed by atoms with Crippen molar-refractivity contribution < 1.29 is 9.59 Å². The lowest BCUT2D eigenvalue weighted by Crippen LogP contribution is -2.39. The normalized spacial score (nSPS) is 10.7. The van der Waals surface area contributed by atoms with Crippen LogP contribution in [0, 0.1) is 0 Å². The first-order valence-corrected chi connectivity index (χ1v) is 7.45. The van der Waals surface area contributed by atoms with Crippen LogP contribution in [-0.4, -0.2) is 55.2 Å². The van der Waals surface area contributed by atoms with Gasteiger partial charge in [-0.25, -0.2) is 0 Å². The van der Waals surface area contributed by atoms with Crippen LogP contribution in [0.4, 0.5) is 0 Å². The summed E-state index contributed by atoms with van der Waals surface area (Å²) < 4.78 is 0.792. The van der Waals surface area contributed by atoms with Gasteiger partial charge in [0.05, 0.1) is 13.1 Å². The lowest BCUT2D eigenvalue weighted by molar-refractivity contribution is -0.129. The molecule has 1 amide bonds. The highest BCUT2D eigenvalue weighted by molar-refractivity contribution is 9.10. The molecule has 20 heavy (non-hydrogen) atoms. The van der Waals surface area contributed by atoms with E-state index >= 15 is 0 Å². The predicted octanol–water partition coefficient (Wildman–Crippen LogP) is 2.43. The third kappa shape index (κ3) is 5.06. The van der Waals surface area contributed by atoms with Crippen LogP contribution in [0.2, 0.25) is 0 Å². The monoisotopic (exact) mass is 340 g/mol. The summed E-state index contributed by atoms with van der Waals surface area (Å²) >= 11 is 3.39. The Morgan fingerprint density at radius 1 is 1.15 bits per heavy atom. The highest BCUT2D eigenvalue weighted by atomic mass is 79.9. The third-order valence-electron chi connectivity index (χ3n) is 2.94. The molecule has 0 unspecified atom stereocenters. The van der Waals surface area contributed by atoms with Crippen LogP contribution in [0.1, 0.15) is 23.7 Å². The molecule has 0 bridgehead atoms. The Morgan fingerprint density at radius 2 is 1.80 bits per heavy atom. The molecule has 1 aromatic carbocycles. The summed E-state index contributed by atoms with van der Waals surface area (Å²) in [6.07, 6.45) is 0.907. The molecule has 0 heterocycles. The Kier molecular flexibility index (Phi) is 6.88. The second-order valence-electron chi connectivity index (χ2n) is 4.90. The van der Waals surface area contributed by atoms with Gasteiger partial charge in [0.25, 0.3) is 0 Å². The number of Topliss-reactive ketones (excluding diaryl/α,β-unsaturated/α-hetero) is 1. The fourth-order valence-corrected chi connectivity index (χ4v) is 2.34. The molecule has 0 spiro atoms. The van der Waals surface area contributed by atoms with Crippen molar-refractivity contribution in [3.05, 3.63) is 34.3 Å². The van der Waals surface area contributed by atoms with Crippen LogP contribution >= 0.6 is 15.9 Å². The molecular weight excluding hydrogens is 320 g/mol. The standard InChI is InChI=1S/C15H21BrN2O2/c1-4-9-18(11-15(20)17(2)3)10-14(19)12-7-5-6-8-13(12)16/h5-8H,4,9-11H2,1-3H3. The second kappa shape index (κ2) is 8.17. The summed E-state index contributed by atoms with van der Waals surface area (Å²) in [6.45, 7) is 3.30. The predicted molar refractivity (Wildman–Crippen MR) is 83.9 cm³/mol. The Labute approximate surface area is 128 Å². The summed E-state index contributed by atoms with van der Waals surface area (Å²) in [5, 5.41) is 0. The van der Waals surface area contributed by atoms with E-state index < -0.39 is 0 Å². The quantitative estimate of drug-likeness (QED) is 0.716. The number of benzene rings is 1. The van der Waals surface area contributed by atoms with Gasteiger partial charge in [-0.2, -0.15) is 0 Å². The molecule has 0 atom stereocenters. The summed E-state index contributed by atoms with van der Waals surface area (Å²) in [5.74, 6) is 0.0378. The largest absolute Gasteiger partial charge is 0.348 e. The van der Waals surface area contributed by atoms with Crippen molar-refractivity contribution in [2.75, 3.05) is 33.7 Å². The minimum atomic E-state index is 0.0124. The van der Waals surface area contributed by atoms with Crippen LogP contribution in [0.25, 0.3) is 0 Å². The van der Waals surface area contributed by atoms with Gasteiger partial charge in [-0.1, -0.05) is 41.1 Å². The van der Waals surface area contributed by atoms with Gasteiger partial charge in [-0.05, 0) is 19.0 Å². The van der Waals surface area contributed by atoms with Crippen molar-refractivity contribution in [2.24, 2.45) is 0 Å². The molecule has 0 fully saturated rings. The van der Waals surface area contributed by atoms with E-state index in [1.165, 1.54) is 0 Å². The van der Waals surface area contributed by atoms with Crippen LogP contribution in [0.5, 0.6) is 0 Å². The molecule has 5 heteroatoms. The van der Waals surface area contributed by atoms with Crippen molar-refractivity contribution in [2.45, 2.75) is 13.3 Å². The van der Waals surface area contributed by atoms with E-state index in [4.69, 9.17) is 0 Å². The van der Waals surface area contributed by atoms with Crippen molar-refractivity contribution in [1.29, 1.82) is 0 Å². The molecule has 0 aromatic heterocycles. The van der Waals surface area contributed by atoms with Crippen molar-refractivity contribution in [3.8, 4) is 0 Å². The van der Waals surface area contributed by atoms with Crippen molar-refractivity contribution in [1.82, 2.24) is 9.80 Å². The number of nitrogens with zero attached hydrogens (tertiary/aromatic N) is 2. The molecule has 110 valence electrons. The fraction of sp³-hybridized carbons (Fsp3) is 0.467. The third-order valence-corrected chi connectivity index (χ3v) is 3.63. The highest BCUT2D eigenvalue weighted by Crippen LogP contribution is 2.16. The molecule has 4 nitrogen and oxygen atoms in total. The van der Waals surface area contributed by atoms with Gasteiger partial charge < -0.3 is 4.90 Å². The van der Waals surface area contributed by atoms with Crippen LogP contribution in [0.15, 0.2) is 28.7 Å². The minimum absolute atomic E-state index is 0.0124. The summed E-state index contributed by atoms with van der Waals surface area (Å²) in [6, 6.07) is 7.36. The lowest BCUT2D eigenvalue weighted by Gasteiger charge is -2.22. The number of likely N-dealkylation sites (N-methyl/N-ethyl adjacent to an activating group) is 1. The SMILES string of the molecule is CCCN(CC(=O)c1ccccc1Br)CC(=O)N(C)C. The van der Waals surface area contributed by atoms with E-state index in [2.05, 4.69) is 15.9 Å². The molecular formula is C15H21BrN2O2. The van der Waals surface area contributed by atoms with Gasteiger partial charge in [-0.15, -0.1) is 0 Å². The maximum atomic E-state index is 12.3. The van der Waals surface area contributed by atoms with E-state index in [0.717, 1.165) is 17.4 Å². The number of ketones is 1. The van der Waals surface area contributed by atoms with Crippen LogP contribution < -0.4 is 0 Å².